The molecule has 0 radical (unpaired) electrons. The fraction of sp³-hybridized carbons (Fsp3) is 0.444. The molecule has 0 saturated carbocycles. The summed E-state index contributed by atoms with van der Waals surface area (Å²) >= 11 is 0. The van der Waals surface area contributed by atoms with E-state index < -0.39 is 12.1 Å². The van der Waals surface area contributed by atoms with Crippen LogP contribution in [0.25, 0.3) is 0 Å². The monoisotopic (exact) mass is 346 g/mol. The SMILES string of the molecule is CC(C)CNC(=O)[C@H](C)OC(=O)c1cccc(N2C(=O)CCC2=O)c1. The Hall–Kier alpha value is -2.70. The van der Waals surface area contributed by atoms with Crippen molar-refractivity contribution in [1.82, 2.24) is 5.32 Å². The molecule has 1 atom stereocenters. The van der Waals surface area contributed by atoms with Crippen LogP contribution in [0.5, 0.6) is 0 Å². The van der Waals surface area contributed by atoms with Gasteiger partial charge in [-0.05, 0) is 31.0 Å². The van der Waals surface area contributed by atoms with Gasteiger partial charge in [0.2, 0.25) is 11.8 Å². The van der Waals surface area contributed by atoms with E-state index in [9.17, 15) is 19.2 Å². The van der Waals surface area contributed by atoms with Crippen LogP contribution < -0.4 is 10.2 Å². The molecule has 1 N–H and O–H groups in total. The van der Waals surface area contributed by atoms with Crippen molar-refractivity contribution in [3.05, 3.63) is 29.8 Å². The zero-order valence-electron chi connectivity index (χ0n) is 14.6. The molecule has 134 valence electrons. The molecule has 1 aliphatic rings. The number of esters is 1. The number of nitrogens with zero attached hydrogens (tertiary/aromatic N) is 1. The molecule has 1 fully saturated rings. The highest BCUT2D eigenvalue weighted by atomic mass is 16.5. The lowest BCUT2D eigenvalue weighted by Gasteiger charge is -2.16. The quantitative estimate of drug-likeness (QED) is 0.625. The van der Waals surface area contributed by atoms with Crippen molar-refractivity contribution < 1.29 is 23.9 Å². The fourth-order valence-electron chi connectivity index (χ4n) is 2.37. The molecule has 1 heterocycles. The number of carbonyl (C=O) groups excluding carboxylic acids is 4. The first-order chi connectivity index (χ1) is 11.8. The molecule has 1 aromatic rings. The smallest absolute Gasteiger partial charge is 0.338 e. The summed E-state index contributed by atoms with van der Waals surface area (Å²) in [7, 11) is 0. The molecule has 0 bridgehead atoms. The van der Waals surface area contributed by atoms with Crippen LogP contribution in [0.3, 0.4) is 0 Å². The van der Waals surface area contributed by atoms with Crippen molar-refractivity contribution in [2.24, 2.45) is 5.92 Å². The normalized spacial score (nSPS) is 15.4. The van der Waals surface area contributed by atoms with Crippen molar-refractivity contribution in [3.63, 3.8) is 0 Å². The van der Waals surface area contributed by atoms with Gasteiger partial charge in [-0.15, -0.1) is 0 Å². The van der Waals surface area contributed by atoms with Gasteiger partial charge in [0.1, 0.15) is 0 Å². The molecule has 25 heavy (non-hydrogen) atoms. The van der Waals surface area contributed by atoms with E-state index in [1.165, 1.54) is 19.1 Å². The van der Waals surface area contributed by atoms with Crippen molar-refractivity contribution in [1.29, 1.82) is 0 Å². The summed E-state index contributed by atoms with van der Waals surface area (Å²) in [6.07, 6.45) is -0.605. The average Bonchev–Trinajstić information content (AvgIpc) is 2.91. The van der Waals surface area contributed by atoms with Crippen molar-refractivity contribution >= 4 is 29.4 Å². The van der Waals surface area contributed by atoms with Gasteiger partial charge in [0.15, 0.2) is 6.10 Å². The third-order valence-electron chi connectivity index (χ3n) is 3.73. The van der Waals surface area contributed by atoms with Crippen LogP contribution in [0.15, 0.2) is 24.3 Å². The van der Waals surface area contributed by atoms with Crippen LogP contribution in [0.2, 0.25) is 0 Å². The molecule has 0 unspecified atom stereocenters. The lowest BCUT2D eigenvalue weighted by atomic mass is 10.2. The number of rotatable bonds is 6. The number of amides is 3. The van der Waals surface area contributed by atoms with Gasteiger partial charge in [-0.1, -0.05) is 19.9 Å². The zero-order valence-corrected chi connectivity index (χ0v) is 14.6. The maximum atomic E-state index is 12.2. The van der Waals surface area contributed by atoms with E-state index in [1.54, 1.807) is 12.1 Å². The summed E-state index contributed by atoms with van der Waals surface area (Å²) in [6, 6.07) is 6.07. The topological polar surface area (TPSA) is 92.8 Å². The molecule has 0 aliphatic carbocycles. The molecular formula is C18H22N2O5. The second-order valence-electron chi connectivity index (χ2n) is 6.36. The van der Waals surface area contributed by atoms with Crippen LogP contribution in [0.1, 0.15) is 44.0 Å². The lowest BCUT2D eigenvalue weighted by Crippen LogP contribution is -2.37. The molecular weight excluding hydrogens is 324 g/mol. The third kappa shape index (κ3) is 4.65. The number of imide groups is 1. The number of anilines is 1. The van der Waals surface area contributed by atoms with E-state index in [2.05, 4.69) is 5.32 Å². The van der Waals surface area contributed by atoms with Gasteiger partial charge >= 0.3 is 5.97 Å². The minimum Gasteiger partial charge on any atom is -0.449 e. The van der Waals surface area contributed by atoms with E-state index in [4.69, 9.17) is 4.74 Å². The standard InChI is InChI=1S/C18H22N2O5/c1-11(2)10-19-17(23)12(3)25-18(24)13-5-4-6-14(9-13)20-15(21)7-8-16(20)22/h4-6,9,11-12H,7-8,10H2,1-3H3,(H,19,23)/t12-/m0/s1. The Kier molecular flexibility index (Phi) is 5.90. The number of ether oxygens (including phenoxy) is 1. The molecule has 2 rings (SSSR count). The Morgan fingerprint density at radius 2 is 1.80 bits per heavy atom. The summed E-state index contributed by atoms with van der Waals surface area (Å²) in [5.41, 5.74) is 0.507. The second kappa shape index (κ2) is 7.92. The highest BCUT2D eigenvalue weighted by molar-refractivity contribution is 6.20. The molecule has 1 saturated heterocycles. The van der Waals surface area contributed by atoms with Crippen LogP contribution in [0, 0.1) is 5.92 Å². The average molecular weight is 346 g/mol. The van der Waals surface area contributed by atoms with E-state index in [0.717, 1.165) is 4.90 Å². The Labute approximate surface area is 146 Å². The van der Waals surface area contributed by atoms with Gasteiger partial charge in [0, 0.05) is 19.4 Å². The van der Waals surface area contributed by atoms with Crippen LogP contribution in [0.4, 0.5) is 5.69 Å². The van der Waals surface area contributed by atoms with Crippen molar-refractivity contribution in [2.45, 2.75) is 39.7 Å². The van der Waals surface area contributed by atoms with Crippen LogP contribution >= 0.6 is 0 Å². The summed E-state index contributed by atoms with van der Waals surface area (Å²) in [4.78, 5) is 48.8. The summed E-state index contributed by atoms with van der Waals surface area (Å²) < 4.78 is 5.16. The summed E-state index contributed by atoms with van der Waals surface area (Å²) in [6.45, 7) is 5.91. The van der Waals surface area contributed by atoms with Crippen molar-refractivity contribution in [3.8, 4) is 0 Å². The number of benzene rings is 1. The van der Waals surface area contributed by atoms with E-state index in [-0.39, 0.29) is 36.1 Å². The maximum Gasteiger partial charge on any atom is 0.338 e. The van der Waals surface area contributed by atoms with Crippen LogP contribution in [-0.2, 0) is 19.1 Å². The molecule has 1 aromatic carbocycles. The highest BCUT2D eigenvalue weighted by Gasteiger charge is 2.30. The minimum atomic E-state index is -0.940. The molecule has 7 nitrogen and oxygen atoms in total. The number of hydrogen-bond donors (Lipinski definition) is 1. The number of hydrogen-bond acceptors (Lipinski definition) is 5. The Morgan fingerprint density at radius 3 is 2.40 bits per heavy atom. The first-order valence-corrected chi connectivity index (χ1v) is 8.24. The summed E-state index contributed by atoms with van der Waals surface area (Å²) in [5.74, 6) is -1.36. The van der Waals surface area contributed by atoms with Gasteiger partial charge in [0.25, 0.3) is 5.91 Å². The fourth-order valence-corrected chi connectivity index (χ4v) is 2.37. The maximum absolute atomic E-state index is 12.2. The zero-order chi connectivity index (χ0) is 18.6. The Balaban J connectivity index is 2.05. The predicted octanol–water partition coefficient (Wildman–Crippen LogP) is 1.66. The van der Waals surface area contributed by atoms with E-state index in [1.807, 2.05) is 13.8 Å². The summed E-state index contributed by atoms with van der Waals surface area (Å²) in [5, 5.41) is 2.69. The van der Waals surface area contributed by atoms with Crippen molar-refractivity contribution in [2.75, 3.05) is 11.4 Å². The molecule has 3 amide bonds. The molecule has 1 aliphatic heterocycles. The van der Waals surface area contributed by atoms with E-state index >= 15 is 0 Å². The molecule has 7 heteroatoms. The van der Waals surface area contributed by atoms with E-state index in [0.29, 0.717) is 18.2 Å². The number of nitrogens with one attached hydrogen (secondary N) is 1. The Morgan fingerprint density at radius 1 is 1.16 bits per heavy atom. The van der Waals surface area contributed by atoms with Gasteiger partial charge in [-0.25, -0.2) is 4.79 Å². The highest BCUT2D eigenvalue weighted by Crippen LogP contribution is 2.23. The minimum absolute atomic E-state index is 0.167. The third-order valence-corrected chi connectivity index (χ3v) is 3.73. The molecule has 0 spiro atoms. The second-order valence-corrected chi connectivity index (χ2v) is 6.36. The lowest BCUT2D eigenvalue weighted by molar-refractivity contribution is -0.129. The van der Waals surface area contributed by atoms with Crippen LogP contribution in [-0.4, -0.2) is 36.3 Å². The Bertz CT molecular complexity index is 682. The first kappa shape index (κ1) is 18.6. The molecule has 0 aromatic heterocycles. The largest absolute Gasteiger partial charge is 0.449 e. The number of carbonyl (C=O) groups is 4. The van der Waals surface area contributed by atoms with Gasteiger partial charge in [0.05, 0.1) is 11.3 Å². The van der Waals surface area contributed by atoms with Gasteiger partial charge < -0.3 is 10.1 Å². The van der Waals surface area contributed by atoms with Gasteiger partial charge in [-0.2, -0.15) is 0 Å². The predicted molar refractivity (Wildman–Crippen MR) is 90.9 cm³/mol. The first-order valence-electron chi connectivity index (χ1n) is 8.24. The van der Waals surface area contributed by atoms with Gasteiger partial charge in [-0.3, -0.25) is 19.3 Å².